The number of aromatic nitrogens is 1. The lowest BCUT2D eigenvalue weighted by molar-refractivity contribution is 0.412. The number of para-hydroxylation sites is 1. The smallest absolute Gasteiger partial charge is 0.223 e. The standard InChI is InChI=1S/C17H14BrNO2/c1-20-14-6-8-15(9-7-14)21-17-13(11-18)10-12-4-2-3-5-16(12)19-17/h2-10H,11H2,1H3. The van der Waals surface area contributed by atoms with Crippen LogP contribution in [0.4, 0.5) is 0 Å². The number of nitrogens with zero attached hydrogens (tertiary/aromatic N) is 1. The van der Waals surface area contributed by atoms with Crippen LogP contribution in [0, 0.1) is 0 Å². The SMILES string of the molecule is COc1ccc(Oc2nc3ccccc3cc2CBr)cc1. The fraction of sp³-hybridized carbons (Fsp3) is 0.118. The van der Waals surface area contributed by atoms with E-state index in [2.05, 4.69) is 27.0 Å². The highest BCUT2D eigenvalue weighted by Crippen LogP contribution is 2.29. The maximum atomic E-state index is 5.91. The number of alkyl halides is 1. The van der Waals surface area contributed by atoms with E-state index in [1.165, 1.54) is 0 Å². The van der Waals surface area contributed by atoms with Gasteiger partial charge in [-0.1, -0.05) is 34.1 Å². The van der Waals surface area contributed by atoms with E-state index >= 15 is 0 Å². The van der Waals surface area contributed by atoms with Crippen LogP contribution >= 0.6 is 15.9 Å². The predicted molar refractivity (Wildman–Crippen MR) is 87.4 cm³/mol. The molecule has 0 spiro atoms. The normalized spacial score (nSPS) is 10.6. The summed E-state index contributed by atoms with van der Waals surface area (Å²) in [6, 6.07) is 17.6. The van der Waals surface area contributed by atoms with Crippen molar-refractivity contribution in [2.24, 2.45) is 0 Å². The molecule has 3 rings (SSSR count). The van der Waals surface area contributed by atoms with Crippen molar-refractivity contribution in [1.82, 2.24) is 4.98 Å². The first-order chi connectivity index (χ1) is 10.3. The van der Waals surface area contributed by atoms with Crippen molar-refractivity contribution in [3.8, 4) is 17.4 Å². The minimum absolute atomic E-state index is 0.621. The Balaban J connectivity index is 1.97. The number of halogens is 1. The van der Waals surface area contributed by atoms with Gasteiger partial charge < -0.3 is 9.47 Å². The number of pyridine rings is 1. The minimum atomic E-state index is 0.621. The maximum Gasteiger partial charge on any atom is 0.223 e. The number of hydrogen-bond acceptors (Lipinski definition) is 3. The van der Waals surface area contributed by atoms with Crippen molar-refractivity contribution in [2.75, 3.05) is 7.11 Å². The van der Waals surface area contributed by atoms with Gasteiger partial charge in [0.1, 0.15) is 11.5 Å². The van der Waals surface area contributed by atoms with Gasteiger partial charge in [-0.2, -0.15) is 0 Å². The predicted octanol–water partition coefficient (Wildman–Crippen LogP) is 4.93. The molecule has 0 aliphatic heterocycles. The van der Waals surface area contributed by atoms with Gasteiger partial charge in [0.05, 0.1) is 12.6 Å². The van der Waals surface area contributed by atoms with Crippen LogP contribution in [0.5, 0.6) is 17.4 Å². The maximum absolute atomic E-state index is 5.91. The molecule has 0 bridgehead atoms. The van der Waals surface area contributed by atoms with Gasteiger partial charge in [-0.15, -0.1) is 0 Å². The summed E-state index contributed by atoms with van der Waals surface area (Å²) in [6.45, 7) is 0. The van der Waals surface area contributed by atoms with Crippen molar-refractivity contribution >= 4 is 26.8 Å². The average molecular weight is 344 g/mol. The molecule has 0 fully saturated rings. The fourth-order valence-electron chi connectivity index (χ4n) is 2.08. The quantitative estimate of drug-likeness (QED) is 0.629. The highest BCUT2D eigenvalue weighted by molar-refractivity contribution is 9.08. The molecule has 0 amide bonds. The lowest BCUT2D eigenvalue weighted by Crippen LogP contribution is -1.94. The molecule has 0 radical (unpaired) electrons. The molecule has 1 aromatic heterocycles. The second-order valence-electron chi connectivity index (χ2n) is 4.56. The Bertz CT molecular complexity index is 756. The summed E-state index contributed by atoms with van der Waals surface area (Å²) in [4.78, 5) is 4.60. The van der Waals surface area contributed by atoms with E-state index in [0.29, 0.717) is 11.2 Å². The van der Waals surface area contributed by atoms with Crippen LogP contribution in [0.15, 0.2) is 54.6 Å². The summed E-state index contributed by atoms with van der Waals surface area (Å²) in [7, 11) is 1.64. The Morgan fingerprint density at radius 2 is 1.71 bits per heavy atom. The molecule has 4 heteroatoms. The molecule has 0 aliphatic carbocycles. The summed E-state index contributed by atoms with van der Waals surface area (Å²) >= 11 is 3.49. The number of rotatable bonds is 4. The van der Waals surface area contributed by atoms with Gasteiger partial charge in [0, 0.05) is 16.3 Å². The zero-order valence-electron chi connectivity index (χ0n) is 11.5. The highest BCUT2D eigenvalue weighted by atomic mass is 79.9. The van der Waals surface area contributed by atoms with E-state index in [9.17, 15) is 0 Å². The molecule has 21 heavy (non-hydrogen) atoms. The van der Waals surface area contributed by atoms with E-state index in [4.69, 9.17) is 9.47 Å². The molecule has 106 valence electrons. The molecule has 0 saturated heterocycles. The molecular formula is C17H14BrNO2. The lowest BCUT2D eigenvalue weighted by atomic mass is 10.2. The van der Waals surface area contributed by atoms with E-state index in [1.807, 2.05) is 48.5 Å². The Hall–Kier alpha value is -2.07. The molecule has 0 aliphatic rings. The van der Waals surface area contributed by atoms with Crippen molar-refractivity contribution in [3.63, 3.8) is 0 Å². The number of fused-ring (bicyclic) bond motifs is 1. The monoisotopic (exact) mass is 343 g/mol. The van der Waals surface area contributed by atoms with Gasteiger partial charge >= 0.3 is 0 Å². The van der Waals surface area contributed by atoms with Crippen molar-refractivity contribution in [2.45, 2.75) is 5.33 Å². The Kier molecular flexibility index (Phi) is 4.06. The second-order valence-corrected chi connectivity index (χ2v) is 5.12. The molecule has 3 nitrogen and oxygen atoms in total. The molecule has 2 aromatic carbocycles. The van der Waals surface area contributed by atoms with E-state index in [-0.39, 0.29) is 0 Å². The Morgan fingerprint density at radius 3 is 2.43 bits per heavy atom. The van der Waals surface area contributed by atoms with Gasteiger partial charge in [0.15, 0.2) is 0 Å². The zero-order valence-corrected chi connectivity index (χ0v) is 13.1. The number of benzene rings is 2. The van der Waals surface area contributed by atoms with Crippen LogP contribution in [0.1, 0.15) is 5.56 Å². The molecule has 0 atom stereocenters. The summed E-state index contributed by atoms with van der Waals surface area (Å²) in [6.07, 6.45) is 0. The van der Waals surface area contributed by atoms with E-state index in [0.717, 1.165) is 28.0 Å². The molecular weight excluding hydrogens is 330 g/mol. The molecule has 1 heterocycles. The van der Waals surface area contributed by atoms with Crippen molar-refractivity contribution in [3.05, 3.63) is 60.2 Å². The largest absolute Gasteiger partial charge is 0.497 e. The van der Waals surface area contributed by atoms with Gasteiger partial charge in [-0.25, -0.2) is 4.98 Å². The zero-order chi connectivity index (χ0) is 14.7. The van der Waals surface area contributed by atoms with Crippen LogP contribution in [-0.4, -0.2) is 12.1 Å². The number of hydrogen-bond donors (Lipinski definition) is 0. The van der Waals surface area contributed by atoms with E-state index in [1.54, 1.807) is 7.11 Å². The van der Waals surface area contributed by atoms with Gasteiger partial charge in [-0.3, -0.25) is 0 Å². The number of ether oxygens (including phenoxy) is 2. The first kappa shape index (κ1) is 13.9. The first-order valence-electron chi connectivity index (χ1n) is 6.56. The van der Waals surface area contributed by atoms with Crippen LogP contribution in [0.25, 0.3) is 10.9 Å². The van der Waals surface area contributed by atoms with Crippen LogP contribution in [0.3, 0.4) is 0 Å². The molecule has 0 saturated carbocycles. The lowest BCUT2D eigenvalue weighted by Gasteiger charge is -2.10. The Labute approximate surface area is 131 Å². The number of methoxy groups -OCH3 is 1. The molecule has 0 unspecified atom stereocenters. The summed E-state index contributed by atoms with van der Waals surface area (Å²) < 4.78 is 11.1. The summed E-state index contributed by atoms with van der Waals surface area (Å²) in [5.41, 5.74) is 1.94. The van der Waals surface area contributed by atoms with Crippen molar-refractivity contribution < 1.29 is 9.47 Å². The summed E-state index contributed by atoms with van der Waals surface area (Å²) in [5.74, 6) is 2.16. The van der Waals surface area contributed by atoms with Gasteiger partial charge in [0.2, 0.25) is 5.88 Å². The molecule has 0 N–H and O–H groups in total. The van der Waals surface area contributed by atoms with Crippen molar-refractivity contribution in [1.29, 1.82) is 0 Å². The van der Waals surface area contributed by atoms with Crippen LogP contribution in [-0.2, 0) is 5.33 Å². The average Bonchev–Trinajstić information content (AvgIpc) is 2.55. The third kappa shape index (κ3) is 3.00. The van der Waals surface area contributed by atoms with Crippen LogP contribution < -0.4 is 9.47 Å². The van der Waals surface area contributed by atoms with E-state index < -0.39 is 0 Å². The second kappa shape index (κ2) is 6.14. The van der Waals surface area contributed by atoms with Gasteiger partial charge in [-0.05, 0) is 36.4 Å². The van der Waals surface area contributed by atoms with Crippen LogP contribution in [0.2, 0.25) is 0 Å². The third-order valence-electron chi connectivity index (χ3n) is 3.18. The fourth-order valence-corrected chi connectivity index (χ4v) is 2.48. The summed E-state index contributed by atoms with van der Waals surface area (Å²) in [5, 5.41) is 1.80. The third-order valence-corrected chi connectivity index (χ3v) is 3.79. The Morgan fingerprint density at radius 1 is 1.00 bits per heavy atom. The first-order valence-corrected chi connectivity index (χ1v) is 7.69. The van der Waals surface area contributed by atoms with Gasteiger partial charge in [0.25, 0.3) is 0 Å². The molecule has 3 aromatic rings. The topological polar surface area (TPSA) is 31.4 Å². The highest BCUT2D eigenvalue weighted by Gasteiger charge is 2.08. The minimum Gasteiger partial charge on any atom is -0.497 e.